The second-order valence-electron chi connectivity index (χ2n) is 6.48. The van der Waals surface area contributed by atoms with Gasteiger partial charge in [-0.05, 0) is 31.7 Å². The van der Waals surface area contributed by atoms with Crippen LogP contribution in [-0.4, -0.2) is 40.3 Å². The van der Waals surface area contributed by atoms with Crippen molar-refractivity contribution in [3.63, 3.8) is 0 Å². The molecule has 0 aromatic heterocycles. The van der Waals surface area contributed by atoms with Crippen LogP contribution in [0.3, 0.4) is 0 Å². The minimum Gasteiger partial charge on any atom is -0.444 e. The second kappa shape index (κ2) is 7.51. The van der Waals surface area contributed by atoms with Gasteiger partial charge in [-0.3, -0.25) is 19.4 Å². The van der Waals surface area contributed by atoms with Gasteiger partial charge in [-0.1, -0.05) is 35.9 Å². The highest BCUT2D eigenvalue weighted by Gasteiger charge is 2.39. The zero-order valence-electron chi connectivity index (χ0n) is 14.3. The summed E-state index contributed by atoms with van der Waals surface area (Å²) in [6, 6.07) is 8.68. The number of nitrogens with zero attached hydrogens (tertiary/aromatic N) is 2. The Hall–Kier alpha value is -2.63. The van der Waals surface area contributed by atoms with Crippen molar-refractivity contribution < 1.29 is 19.1 Å². The summed E-state index contributed by atoms with van der Waals surface area (Å²) < 4.78 is 5.34. The fraction of sp³-hybridized carbons (Fsp3) is 0.421. The Balaban J connectivity index is 1.66. The Labute approximate surface area is 147 Å². The van der Waals surface area contributed by atoms with Gasteiger partial charge in [-0.2, -0.15) is 0 Å². The van der Waals surface area contributed by atoms with E-state index in [1.54, 1.807) is 6.20 Å². The van der Waals surface area contributed by atoms with Gasteiger partial charge in [-0.25, -0.2) is 4.79 Å². The third-order valence-corrected chi connectivity index (χ3v) is 4.50. The molecule has 132 valence electrons. The van der Waals surface area contributed by atoms with Crippen LogP contribution in [0.15, 0.2) is 42.1 Å². The smallest absolute Gasteiger partial charge is 0.414 e. The lowest BCUT2D eigenvalue weighted by Gasteiger charge is -2.30. The van der Waals surface area contributed by atoms with Gasteiger partial charge in [0.25, 0.3) is 5.91 Å². The molecule has 1 atom stereocenters. The number of carbonyl (C=O) groups is 3. The van der Waals surface area contributed by atoms with Crippen LogP contribution in [-0.2, 0) is 20.9 Å². The van der Waals surface area contributed by atoms with E-state index in [0.29, 0.717) is 19.4 Å². The quantitative estimate of drug-likeness (QED) is 0.792. The van der Waals surface area contributed by atoms with Crippen LogP contribution in [0.1, 0.15) is 38.2 Å². The molecule has 2 heterocycles. The van der Waals surface area contributed by atoms with Gasteiger partial charge in [-0.15, -0.1) is 0 Å². The summed E-state index contributed by atoms with van der Waals surface area (Å²) in [5.41, 5.74) is 1.80. The molecule has 1 aromatic rings. The third kappa shape index (κ3) is 3.90. The van der Waals surface area contributed by atoms with E-state index in [-0.39, 0.29) is 18.4 Å². The van der Waals surface area contributed by atoms with E-state index in [0.717, 1.165) is 24.0 Å². The second-order valence-corrected chi connectivity index (χ2v) is 6.48. The van der Waals surface area contributed by atoms with E-state index < -0.39 is 12.1 Å². The lowest BCUT2D eigenvalue weighted by molar-refractivity contribution is -0.149. The predicted octanol–water partition coefficient (Wildman–Crippen LogP) is 2.84. The van der Waals surface area contributed by atoms with Crippen LogP contribution < -0.4 is 0 Å². The minimum atomic E-state index is -0.690. The summed E-state index contributed by atoms with van der Waals surface area (Å²) >= 11 is 0. The lowest BCUT2D eigenvalue weighted by atomic mass is 10.1. The molecule has 0 N–H and O–H groups in total. The highest BCUT2D eigenvalue weighted by Crippen LogP contribution is 2.25. The van der Waals surface area contributed by atoms with Crippen molar-refractivity contribution in [1.29, 1.82) is 0 Å². The summed E-state index contributed by atoms with van der Waals surface area (Å²) in [6.45, 7) is 2.44. The Morgan fingerprint density at radius 3 is 2.68 bits per heavy atom. The van der Waals surface area contributed by atoms with Crippen LogP contribution in [0.5, 0.6) is 0 Å². The normalized spacial score (nSPS) is 20.4. The molecular weight excluding hydrogens is 320 g/mol. The summed E-state index contributed by atoms with van der Waals surface area (Å²) in [4.78, 5) is 39.8. The molecule has 0 bridgehead atoms. The topological polar surface area (TPSA) is 66.9 Å². The van der Waals surface area contributed by atoms with Gasteiger partial charge in [0, 0.05) is 19.2 Å². The molecule has 2 aliphatic heterocycles. The molecule has 1 aromatic carbocycles. The van der Waals surface area contributed by atoms with Crippen LogP contribution >= 0.6 is 0 Å². The van der Waals surface area contributed by atoms with Gasteiger partial charge < -0.3 is 4.74 Å². The molecule has 0 radical (unpaired) electrons. The molecule has 1 saturated heterocycles. The highest BCUT2D eigenvalue weighted by molar-refractivity contribution is 5.99. The number of amides is 3. The van der Waals surface area contributed by atoms with Crippen molar-refractivity contribution in [3.8, 4) is 0 Å². The maximum Gasteiger partial charge on any atom is 0.414 e. The third-order valence-electron chi connectivity index (χ3n) is 4.50. The lowest BCUT2D eigenvalue weighted by Crippen LogP contribution is -2.50. The van der Waals surface area contributed by atoms with Gasteiger partial charge in [0.05, 0.1) is 0 Å². The summed E-state index contributed by atoms with van der Waals surface area (Å²) in [5.74, 6) is -0.465. The summed E-state index contributed by atoms with van der Waals surface area (Å²) in [5, 5.41) is 0. The zero-order valence-corrected chi connectivity index (χ0v) is 14.3. The molecule has 6 heteroatoms. The van der Waals surface area contributed by atoms with Gasteiger partial charge in [0.1, 0.15) is 12.6 Å². The fourth-order valence-corrected chi connectivity index (χ4v) is 3.18. The SMILES string of the molecule is CC1=CN(C(=O)OCc2ccccc2)C(C(=O)N2CCCCC2=O)C1. The number of ether oxygens (including phenoxy) is 1. The molecule has 3 amide bonds. The number of imide groups is 1. The number of rotatable bonds is 3. The Bertz CT molecular complexity index is 699. The van der Waals surface area contributed by atoms with Gasteiger partial charge in [0.15, 0.2) is 0 Å². The van der Waals surface area contributed by atoms with Crippen molar-refractivity contribution >= 4 is 17.9 Å². The Morgan fingerprint density at radius 1 is 1.20 bits per heavy atom. The molecule has 1 unspecified atom stereocenters. The first-order valence-corrected chi connectivity index (χ1v) is 8.57. The first-order valence-electron chi connectivity index (χ1n) is 8.57. The number of likely N-dealkylation sites (tertiary alicyclic amines) is 1. The summed E-state index contributed by atoms with van der Waals surface area (Å²) in [6.07, 6.45) is 3.53. The average molecular weight is 342 g/mol. The van der Waals surface area contributed by atoms with Crippen LogP contribution in [0.4, 0.5) is 4.79 Å². The van der Waals surface area contributed by atoms with Crippen LogP contribution in [0.2, 0.25) is 0 Å². The average Bonchev–Trinajstić information content (AvgIpc) is 3.02. The fourth-order valence-electron chi connectivity index (χ4n) is 3.18. The molecule has 6 nitrogen and oxygen atoms in total. The first-order chi connectivity index (χ1) is 12.1. The maximum absolute atomic E-state index is 12.8. The molecule has 2 aliphatic rings. The van der Waals surface area contributed by atoms with E-state index in [4.69, 9.17) is 4.74 Å². The van der Waals surface area contributed by atoms with Crippen molar-refractivity contribution in [2.75, 3.05) is 6.54 Å². The molecular formula is C19H22N2O4. The molecule has 0 aliphatic carbocycles. The van der Waals surface area contributed by atoms with Crippen LogP contribution in [0, 0.1) is 0 Å². The van der Waals surface area contributed by atoms with E-state index in [1.807, 2.05) is 37.3 Å². The van der Waals surface area contributed by atoms with E-state index >= 15 is 0 Å². The molecule has 1 fully saturated rings. The van der Waals surface area contributed by atoms with Crippen molar-refractivity contribution in [2.45, 2.75) is 45.3 Å². The number of piperidine rings is 1. The molecule has 25 heavy (non-hydrogen) atoms. The summed E-state index contributed by atoms with van der Waals surface area (Å²) in [7, 11) is 0. The Kier molecular flexibility index (Phi) is 5.16. The van der Waals surface area contributed by atoms with E-state index in [2.05, 4.69) is 0 Å². The van der Waals surface area contributed by atoms with Crippen molar-refractivity contribution in [1.82, 2.24) is 9.80 Å². The largest absolute Gasteiger partial charge is 0.444 e. The van der Waals surface area contributed by atoms with Gasteiger partial charge >= 0.3 is 6.09 Å². The van der Waals surface area contributed by atoms with E-state index in [1.165, 1.54) is 9.80 Å². The maximum atomic E-state index is 12.8. The minimum absolute atomic E-state index is 0.145. The molecule has 3 rings (SSSR count). The van der Waals surface area contributed by atoms with E-state index in [9.17, 15) is 14.4 Å². The van der Waals surface area contributed by atoms with Crippen molar-refractivity contribution in [2.24, 2.45) is 0 Å². The number of hydrogen-bond acceptors (Lipinski definition) is 4. The Morgan fingerprint density at radius 2 is 1.96 bits per heavy atom. The van der Waals surface area contributed by atoms with Crippen molar-refractivity contribution in [3.05, 3.63) is 47.7 Å². The molecule has 0 spiro atoms. The molecule has 0 saturated carbocycles. The van der Waals surface area contributed by atoms with Gasteiger partial charge in [0.2, 0.25) is 5.91 Å². The van der Waals surface area contributed by atoms with Crippen LogP contribution in [0.25, 0.3) is 0 Å². The predicted molar refractivity (Wildman–Crippen MR) is 91.2 cm³/mol. The first kappa shape index (κ1) is 17.2. The monoisotopic (exact) mass is 342 g/mol. The zero-order chi connectivity index (χ0) is 17.8. The number of hydrogen-bond donors (Lipinski definition) is 0. The highest BCUT2D eigenvalue weighted by atomic mass is 16.6. The number of benzene rings is 1. The number of carbonyl (C=O) groups excluding carboxylic acids is 3. The standard InChI is InChI=1S/C19H22N2O4/c1-14-11-16(18(23)20-10-6-5-9-17(20)22)21(12-14)19(24)25-13-15-7-3-2-4-8-15/h2-4,7-8,12,16H,5-6,9-11,13H2,1H3.